The largest absolute Gasteiger partial charge is 0.398 e. The predicted octanol–water partition coefficient (Wildman–Crippen LogP) is 2.82. The number of rotatable bonds is 4. The van der Waals surface area contributed by atoms with Crippen molar-refractivity contribution in [3.8, 4) is 11.8 Å². The third-order valence-corrected chi connectivity index (χ3v) is 4.32. The molecule has 0 saturated heterocycles. The summed E-state index contributed by atoms with van der Waals surface area (Å²) in [5.74, 6) is 6.45. The normalized spacial score (nSPS) is 10.8. The first-order chi connectivity index (χ1) is 13.2. The van der Waals surface area contributed by atoms with Crippen LogP contribution in [0.5, 0.6) is 0 Å². The molecule has 134 valence electrons. The molecule has 4 N–H and O–H groups in total. The Labute approximate surface area is 156 Å². The van der Waals surface area contributed by atoms with Crippen molar-refractivity contribution >= 4 is 33.4 Å². The van der Waals surface area contributed by atoms with Gasteiger partial charge in [-0.25, -0.2) is 9.97 Å². The van der Waals surface area contributed by atoms with E-state index in [1.54, 1.807) is 6.33 Å². The van der Waals surface area contributed by atoms with E-state index >= 15 is 0 Å². The Morgan fingerprint density at radius 2 is 1.85 bits per heavy atom. The Morgan fingerprint density at radius 1 is 1.04 bits per heavy atom. The van der Waals surface area contributed by atoms with Gasteiger partial charge in [0.25, 0.3) is 0 Å². The van der Waals surface area contributed by atoms with E-state index in [1.807, 2.05) is 53.1 Å². The number of aromatic nitrogens is 3. The number of fused-ring (bicyclic) bond motifs is 3. The molecular weight excluding hydrogens is 338 g/mol. The smallest absolute Gasteiger partial charge is 0.152 e. The standard InChI is InChI=1S/C21H19N5O/c22-17-9-3-1-6-15(17)7-5-12-27-13-11-26-14-24-19-20(26)16-8-2-4-10-18(16)25-21(19)23/h1-4,6,8-10,14H,11-13,22H2,(H2,23,25). The highest BCUT2D eigenvalue weighted by molar-refractivity contribution is 6.06. The zero-order chi connectivity index (χ0) is 18.6. The van der Waals surface area contributed by atoms with Crippen molar-refractivity contribution < 1.29 is 4.74 Å². The number of anilines is 2. The van der Waals surface area contributed by atoms with Crippen molar-refractivity contribution in [1.29, 1.82) is 0 Å². The fraction of sp³-hybridized carbons (Fsp3) is 0.143. The molecule has 0 fully saturated rings. The number of nitrogens with zero attached hydrogens (tertiary/aromatic N) is 3. The summed E-state index contributed by atoms with van der Waals surface area (Å²) in [5, 5.41) is 1.03. The van der Waals surface area contributed by atoms with Gasteiger partial charge in [-0.15, -0.1) is 0 Å². The molecule has 0 saturated carbocycles. The van der Waals surface area contributed by atoms with Crippen molar-refractivity contribution in [2.75, 3.05) is 24.7 Å². The van der Waals surface area contributed by atoms with Gasteiger partial charge >= 0.3 is 0 Å². The Balaban J connectivity index is 1.45. The highest BCUT2D eigenvalue weighted by Gasteiger charge is 2.11. The Kier molecular flexibility index (Phi) is 4.60. The van der Waals surface area contributed by atoms with Gasteiger partial charge in [0.2, 0.25) is 0 Å². The van der Waals surface area contributed by atoms with Crippen molar-refractivity contribution in [3.05, 3.63) is 60.4 Å². The lowest BCUT2D eigenvalue weighted by atomic mass is 10.2. The third kappa shape index (κ3) is 3.41. The molecule has 6 nitrogen and oxygen atoms in total. The maximum Gasteiger partial charge on any atom is 0.152 e. The molecule has 6 heteroatoms. The number of para-hydroxylation sites is 2. The summed E-state index contributed by atoms with van der Waals surface area (Å²) in [6.07, 6.45) is 1.77. The Bertz CT molecular complexity index is 1170. The summed E-state index contributed by atoms with van der Waals surface area (Å²) in [5.41, 5.74) is 16.0. The second-order valence-electron chi connectivity index (χ2n) is 6.09. The molecule has 2 aromatic heterocycles. The monoisotopic (exact) mass is 357 g/mol. The van der Waals surface area contributed by atoms with Crippen LogP contribution in [0.25, 0.3) is 21.9 Å². The summed E-state index contributed by atoms with van der Waals surface area (Å²) in [4.78, 5) is 8.83. The highest BCUT2D eigenvalue weighted by Crippen LogP contribution is 2.26. The van der Waals surface area contributed by atoms with E-state index in [2.05, 4.69) is 21.8 Å². The molecule has 27 heavy (non-hydrogen) atoms. The Hall–Kier alpha value is -3.56. The first-order valence-corrected chi connectivity index (χ1v) is 8.64. The highest BCUT2D eigenvalue weighted by atomic mass is 16.5. The second kappa shape index (κ2) is 7.36. The number of pyridine rings is 1. The number of hydrogen-bond donors (Lipinski definition) is 2. The molecule has 4 rings (SSSR count). The molecule has 0 radical (unpaired) electrons. The number of nitrogens with two attached hydrogens (primary N) is 2. The van der Waals surface area contributed by atoms with E-state index in [0.717, 1.165) is 22.0 Å². The fourth-order valence-electron chi connectivity index (χ4n) is 3.00. The lowest BCUT2D eigenvalue weighted by Crippen LogP contribution is -2.06. The second-order valence-corrected chi connectivity index (χ2v) is 6.09. The minimum atomic E-state index is 0.339. The van der Waals surface area contributed by atoms with Gasteiger partial charge in [0, 0.05) is 23.2 Å². The van der Waals surface area contributed by atoms with E-state index in [1.165, 1.54) is 0 Å². The molecule has 2 heterocycles. The van der Waals surface area contributed by atoms with Crippen LogP contribution in [0.1, 0.15) is 5.56 Å². The molecular formula is C21H19N5O. The fourth-order valence-corrected chi connectivity index (χ4v) is 3.00. The predicted molar refractivity (Wildman–Crippen MR) is 108 cm³/mol. The van der Waals surface area contributed by atoms with Crippen LogP contribution in [0, 0.1) is 11.8 Å². The van der Waals surface area contributed by atoms with Gasteiger partial charge in [0.05, 0.1) is 24.0 Å². The average molecular weight is 357 g/mol. The third-order valence-electron chi connectivity index (χ3n) is 4.32. The molecule has 0 atom stereocenters. The van der Waals surface area contributed by atoms with Crippen LogP contribution in [0.4, 0.5) is 11.5 Å². The summed E-state index contributed by atoms with van der Waals surface area (Å²) in [6.45, 7) is 1.51. The lowest BCUT2D eigenvalue weighted by Gasteiger charge is -2.07. The van der Waals surface area contributed by atoms with Gasteiger partial charge in [0.15, 0.2) is 5.82 Å². The van der Waals surface area contributed by atoms with Gasteiger partial charge in [-0.2, -0.15) is 0 Å². The maximum atomic E-state index is 6.05. The van der Waals surface area contributed by atoms with Gasteiger partial charge in [0.1, 0.15) is 12.1 Å². The zero-order valence-corrected chi connectivity index (χ0v) is 14.7. The van der Waals surface area contributed by atoms with E-state index in [-0.39, 0.29) is 0 Å². The van der Waals surface area contributed by atoms with E-state index in [0.29, 0.717) is 36.8 Å². The topological polar surface area (TPSA) is 92.0 Å². The first-order valence-electron chi connectivity index (χ1n) is 8.64. The van der Waals surface area contributed by atoms with Crippen LogP contribution in [0.2, 0.25) is 0 Å². The van der Waals surface area contributed by atoms with E-state index in [9.17, 15) is 0 Å². The van der Waals surface area contributed by atoms with Gasteiger partial charge in [-0.05, 0) is 18.2 Å². The van der Waals surface area contributed by atoms with Crippen LogP contribution in [-0.4, -0.2) is 27.7 Å². The molecule has 0 spiro atoms. The van der Waals surface area contributed by atoms with Crippen molar-refractivity contribution in [2.24, 2.45) is 0 Å². The summed E-state index contributed by atoms with van der Waals surface area (Å²) >= 11 is 0. The minimum absolute atomic E-state index is 0.339. The number of imidazole rings is 1. The molecule has 0 aliphatic heterocycles. The van der Waals surface area contributed by atoms with Crippen molar-refractivity contribution in [3.63, 3.8) is 0 Å². The zero-order valence-electron chi connectivity index (χ0n) is 14.7. The van der Waals surface area contributed by atoms with Crippen LogP contribution in [0.3, 0.4) is 0 Å². The van der Waals surface area contributed by atoms with E-state index < -0.39 is 0 Å². The number of benzene rings is 2. The molecule has 0 bridgehead atoms. The summed E-state index contributed by atoms with van der Waals surface area (Å²) < 4.78 is 7.69. The molecule has 2 aromatic carbocycles. The number of nitrogen functional groups attached to an aromatic ring is 2. The van der Waals surface area contributed by atoms with Crippen molar-refractivity contribution in [1.82, 2.24) is 14.5 Å². The van der Waals surface area contributed by atoms with Gasteiger partial charge < -0.3 is 20.8 Å². The lowest BCUT2D eigenvalue weighted by molar-refractivity contribution is 0.158. The average Bonchev–Trinajstić information content (AvgIpc) is 3.11. The van der Waals surface area contributed by atoms with Crippen molar-refractivity contribution in [2.45, 2.75) is 6.54 Å². The van der Waals surface area contributed by atoms with Crippen LogP contribution in [0.15, 0.2) is 54.9 Å². The molecule has 0 amide bonds. The molecule has 0 aliphatic rings. The van der Waals surface area contributed by atoms with Gasteiger partial charge in [-0.1, -0.05) is 42.2 Å². The SMILES string of the molecule is Nc1ccccc1C#CCOCCn1cnc2c(N)nc3ccccc3c21. The van der Waals surface area contributed by atoms with Gasteiger partial charge in [-0.3, -0.25) is 0 Å². The number of hydrogen-bond acceptors (Lipinski definition) is 5. The number of ether oxygens (including phenoxy) is 1. The molecule has 0 aliphatic carbocycles. The molecule has 4 aromatic rings. The van der Waals surface area contributed by atoms with Crippen LogP contribution in [-0.2, 0) is 11.3 Å². The maximum absolute atomic E-state index is 6.05. The van der Waals surface area contributed by atoms with E-state index in [4.69, 9.17) is 16.2 Å². The molecule has 0 unspecified atom stereocenters. The Morgan fingerprint density at radius 3 is 2.74 bits per heavy atom. The minimum Gasteiger partial charge on any atom is -0.398 e. The van der Waals surface area contributed by atoms with Crippen LogP contribution < -0.4 is 11.5 Å². The quantitative estimate of drug-likeness (QED) is 0.333. The summed E-state index contributed by atoms with van der Waals surface area (Å²) in [6, 6.07) is 15.4. The summed E-state index contributed by atoms with van der Waals surface area (Å²) in [7, 11) is 0. The van der Waals surface area contributed by atoms with Crippen LogP contribution >= 0.6 is 0 Å². The first kappa shape index (κ1) is 16.9.